The summed E-state index contributed by atoms with van der Waals surface area (Å²) in [5, 5.41) is 3.36. The van der Waals surface area contributed by atoms with Crippen LogP contribution in [0, 0.1) is 0 Å². The topological polar surface area (TPSA) is 56.9 Å². The van der Waals surface area contributed by atoms with Crippen molar-refractivity contribution in [1.29, 1.82) is 0 Å². The summed E-state index contributed by atoms with van der Waals surface area (Å²) in [6.45, 7) is 6.43. The van der Waals surface area contributed by atoms with E-state index >= 15 is 0 Å². The first-order valence-electron chi connectivity index (χ1n) is 6.89. The molecule has 0 unspecified atom stereocenters. The number of piperidine rings is 1. The van der Waals surface area contributed by atoms with Gasteiger partial charge in [-0.05, 0) is 33.0 Å². The van der Waals surface area contributed by atoms with Gasteiger partial charge in [0.25, 0.3) is 0 Å². The van der Waals surface area contributed by atoms with Gasteiger partial charge in [0.1, 0.15) is 0 Å². The molecule has 102 valence electrons. The van der Waals surface area contributed by atoms with E-state index in [1.165, 1.54) is 0 Å². The van der Waals surface area contributed by atoms with Gasteiger partial charge >= 0.3 is 0 Å². The summed E-state index contributed by atoms with van der Waals surface area (Å²) in [4.78, 5) is 9.35. The average molecular weight is 251 g/mol. The van der Waals surface area contributed by atoms with Crippen LogP contribution in [0.5, 0.6) is 0 Å². The third-order valence-corrected chi connectivity index (χ3v) is 3.77. The van der Waals surface area contributed by atoms with Crippen LogP contribution >= 0.6 is 0 Å². The molecular weight excluding hydrogens is 226 g/mol. The van der Waals surface area contributed by atoms with Crippen LogP contribution in [0.25, 0.3) is 0 Å². The van der Waals surface area contributed by atoms with Crippen molar-refractivity contribution in [2.75, 3.05) is 46.3 Å². The second-order valence-corrected chi connectivity index (χ2v) is 5.14. The first-order valence-corrected chi connectivity index (χ1v) is 6.89. The third-order valence-electron chi connectivity index (χ3n) is 3.77. The van der Waals surface area contributed by atoms with Gasteiger partial charge in [0, 0.05) is 38.6 Å². The summed E-state index contributed by atoms with van der Waals surface area (Å²) < 4.78 is 0. The second-order valence-electron chi connectivity index (χ2n) is 5.14. The third kappa shape index (κ3) is 3.71. The molecule has 3 N–H and O–H groups in total. The van der Waals surface area contributed by atoms with Crippen LogP contribution in [0.15, 0.2) is 16.9 Å². The molecule has 0 radical (unpaired) electrons. The number of piperazine rings is 1. The van der Waals surface area contributed by atoms with Crippen molar-refractivity contribution in [3.63, 3.8) is 0 Å². The van der Waals surface area contributed by atoms with Crippen molar-refractivity contribution < 1.29 is 0 Å². The fraction of sp³-hybridized carbons (Fsp3) is 0.769. The SMILES string of the molecule is CN1CCN(C(C=NC2CCNCC2)=CN)CC1. The Morgan fingerprint density at radius 1 is 1.22 bits per heavy atom. The summed E-state index contributed by atoms with van der Waals surface area (Å²) in [6.07, 6.45) is 5.94. The minimum atomic E-state index is 0.466. The first-order chi connectivity index (χ1) is 8.79. The Hall–Kier alpha value is -1.07. The van der Waals surface area contributed by atoms with Crippen molar-refractivity contribution in [3.8, 4) is 0 Å². The predicted octanol–water partition coefficient (Wildman–Crippen LogP) is -0.143. The lowest BCUT2D eigenvalue weighted by Gasteiger charge is -2.34. The molecular formula is C13H25N5. The summed E-state index contributed by atoms with van der Waals surface area (Å²) in [7, 11) is 2.16. The van der Waals surface area contributed by atoms with E-state index in [1.807, 2.05) is 6.21 Å². The van der Waals surface area contributed by atoms with E-state index in [1.54, 1.807) is 6.20 Å². The Morgan fingerprint density at radius 3 is 2.50 bits per heavy atom. The van der Waals surface area contributed by atoms with E-state index in [-0.39, 0.29) is 0 Å². The van der Waals surface area contributed by atoms with Crippen molar-refractivity contribution in [3.05, 3.63) is 11.9 Å². The maximum Gasteiger partial charge on any atom is 0.0706 e. The van der Waals surface area contributed by atoms with Crippen LogP contribution in [-0.2, 0) is 0 Å². The molecule has 2 heterocycles. The molecule has 0 aliphatic carbocycles. The summed E-state index contributed by atoms with van der Waals surface area (Å²) >= 11 is 0. The zero-order valence-corrected chi connectivity index (χ0v) is 11.3. The van der Waals surface area contributed by atoms with E-state index in [0.717, 1.165) is 57.8 Å². The molecule has 0 atom stereocenters. The van der Waals surface area contributed by atoms with Crippen molar-refractivity contribution >= 4 is 6.21 Å². The standard InChI is InChI=1S/C13H25N5/c1-17-6-8-18(9-7-17)13(10-14)11-16-12-2-4-15-5-3-12/h10-12,15H,2-9,14H2,1H3. The number of nitrogens with two attached hydrogens (primary N) is 1. The summed E-state index contributed by atoms with van der Waals surface area (Å²) in [5.74, 6) is 0. The lowest BCUT2D eigenvalue weighted by molar-refractivity contribution is 0.192. The Morgan fingerprint density at radius 2 is 1.89 bits per heavy atom. The molecule has 0 spiro atoms. The van der Waals surface area contributed by atoms with Gasteiger partial charge < -0.3 is 20.9 Å². The highest BCUT2D eigenvalue weighted by Crippen LogP contribution is 2.09. The van der Waals surface area contributed by atoms with Gasteiger partial charge in [-0.1, -0.05) is 0 Å². The number of allylic oxidation sites excluding steroid dienone is 1. The smallest absolute Gasteiger partial charge is 0.0706 e. The number of hydrogen-bond acceptors (Lipinski definition) is 5. The van der Waals surface area contributed by atoms with Gasteiger partial charge in [-0.15, -0.1) is 0 Å². The fourth-order valence-corrected chi connectivity index (χ4v) is 2.43. The molecule has 2 aliphatic rings. The molecule has 2 fully saturated rings. The number of rotatable bonds is 3. The molecule has 2 rings (SSSR count). The largest absolute Gasteiger partial charge is 0.403 e. The summed E-state index contributed by atoms with van der Waals surface area (Å²) in [6, 6.07) is 0.466. The van der Waals surface area contributed by atoms with E-state index < -0.39 is 0 Å². The molecule has 0 amide bonds. The lowest BCUT2D eigenvalue weighted by Crippen LogP contribution is -2.44. The van der Waals surface area contributed by atoms with Crippen LogP contribution < -0.4 is 11.1 Å². The molecule has 0 bridgehead atoms. The van der Waals surface area contributed by atoms with Crippen LogP contribution in [0.3, 0.4) is 0 Å². The molecule has 0 aromatic rings. The quantitative estimate of drug-likeness (QED) is 0.685. The molecule has 18 heavy (non-hydrogen) atoms. The number of hydrogen-bond donors (Lipinski definition) is 2. The van der Waals surface area contributed by atoms with Crippen molar-refractivity contribution in [2.24, 2.45) is 10.7 Å². The lowest BCUT2D eigenvalue weighted by atomic mass is 10.1. The second kappa shape index (κ2) is 6.75. The Balaban J connectivity index is 1.86. The average Bonchev–Trinajstić information content (AvgIpc) is 2.42. The molecule has 5 nitrogen and oxygen atoms in total. The van der Waals surface area contributed by atoms with Crippen LogP contribution in [0.1, 0.15) is 12.8 Å². The van der Waals surface area contributed by atoms with Crippen LogP contribution in [-0.4, -0.2) is 68.4 Å². The minimum Gasteiger partial charge on any atom is -0.403 e. The van der Waals surface area contributed by atoms with Crippen molar-refractivity contribution in [1.82, 2.24) is 15.1 Å². The summed E-state index contributed by atoms with van der Waals surface area (Å²) in [5.41, 5.74) is 6.80. The van der Waals surface area contributed by atoms with Gasteiger partial charge in [0.05, 0.1) is 11.7 Å². The zero-order valence-electron chi connectivity index (χ0n) is 11.3. The fourth-order valence-electron chi connectivity index (χ4n) is 2.43. The Kier molecular flexibility index (Phi) is 5.01. The molecule has 0 aromatic heterocycles. The number of aliphatic imine (C=N–C) groups is 1. The Bertz CT molecular complexity index is 299. The number of nitrogens with zero attached hydrogens (tertiary/aromatic N) is 3. The maximum absolute atomic E-state index is 5.73. The van der Waals surface area contributed by atoms with Gasteiger partial charge in [-0.3, -0.25) is 4.99 Å². The van der Waals surface area contributed by atoms with E-state index in [9.17, 15) is 0 Å². The number of nitrogens with one attached hydrogen (secondary N) is 1. The highest BCUT2D eigenvalue weighted by atomic mass is 15.3. The molecule has 2 aliphatic heterocycles. The van der Waals surface area contributed by atoms with E-state index in [0.29, 0.717) is 6.04 Å². The van der Waals surface area contributed by atoms with E-state index in [2.05, 4.69) is 27.2 Å². The van der Waals surface area contributed by atoms with Gasteiger partial charge in [0.15, 0.2) is 0 Å². The predicted molar refractivity (Wildman–Crippen MR) is 75.7 cm³/mol. The normalized spacial score (nSPS) is 24.9. The molecule has 2 saturated heterocycles. The first kappa shape index (κ1) is 13.4. The van der Waals surface area contributed by atoms with Gasteiger partial charge in [0.2, 0.25) is 0 Å². The van der Waals surface area contributed by atoms with Gasteiger partial charge in [-0.2, -0.15) is 0 Å². The minimum absolute atomic E-state index is 0.466. The van der Waals surface area contributed by atoms with Gasteiger partial charge in [-0.25, -0.2) is 0 Å². The molecule has 0 saturated carbocycles. The zero-order chi connectivity index (χ0) is 12.8. The number of likely N-dealkylation sites (N-methyl/N-ethyl adjacent to an activating group) is 1. The Labute approximate surface area is 110 Å². The van der Waals surface area contributed by atoms with Crippen molar-refractivity contribution in [2.45, 2.75) is 18.9 Å². The van der Waals surface area contributed by atoms with Crippen LogP contribution in [0.4, 0.5) is 0 Å². The van der Waals surface area contributed by atoms with Crippen LogP contribution in [0.2, 0.25) is 0 Å². The molecule has 5 heteroatoms. The van der Waals surface area contributed by atoms with E-state index in [4.69, 9.17) is 5.73 Å². The highest BCUT2D eigenvalue weighted by Gasteiger charge is 2.16. The maximum atomic E-state index is 5.73. The highest BCUT2D eigenvalue weighted by molar-refractivity contribution is 5.77. The monoisotopic (exact) mass is 251 g/mol. The molecule has 0 aromatic carbocycles.